The minimum Gasteiger partial charge on any atom is -0.745 e. The van der Waals surface area contributed by atoms with Gasteiger partial charge in [0.25, 0.3) is 0 Å². The van der Waals surface area contributed by atoms with Gasteiger partial charge < -0.3 is 9.29 Å². The standard InChI is InChI=1S/C7H7BrO4S/c8-6-3-1-2-4-7(6)12-5-13(9,10)11/h1-4H,5H2,(H,9,10,11)/p-1. The van der Waals surface area contributed by atoms with Crippen LogP contribution in [0.15, 0.2) is 28.7 Å². The Kier molecular flexibility index (Phi) is 3.29. The molecule has 0 atom stereocenters. The number of ether oxygens (including phenoxy) is 1. The van der Waals surface area contributed by atoms with Gasteiger partial charge in [-0.25, -0.2) is 8.42 Å². The first-order valence-corrected chi connectivity index (χ1v) is 5.67. The summed E-state index contributed by atoms with van der Waals surface area (Å²) in [6, 6.07) is 6.68. The topological polar surface area (TPSA) is 66.4 Å². The molecule has 0 aromatic heterocycles. The van der Waals surface area contributed by atoms with Crippen LogP contribution in [-0.2, 0) is 10.1 Å². The third kappa shape index (κ3) is 3.75. The maximum Gasteiger partial charge on any atom is 0.177 e. The van der Waals surface area contributed by atoms with E-state index in [1.165, 1.54) is 0 Å². The third-order valence-corrected chi connectivity index (χ3v) is 2.26. The van der Waals surface area contributed by atoms with Gasteiger partial charge in [-0.05, 0) is 28.1 Å². The Bertz CT molecular complexity index is 387. The summed E-state index contributed by atoms with van der Waals surface area (Å²) in [7, 11) is -4.33. The molecule has 13 heavy (non-hydrogen) atoms. The van der Waals surface area contributed by atoms with Crippen LogP contribution in [0.5, 0.6) is 5.75 Å². The molecule has 0 bridgehead atoms. The van der Waals surface area contributed by atoms with E-state index in [4.69, 9.17) is 4.74 Å². The van der Waals surface area contributed by atoms with Crippen molar-refractivity contribution in [2.45, 2.75) is 0 Å². The van der Waals surface area contributed by atoms with Crippen molar-refractivity contribution in [1.82, 2.24) is 0 Å². The monoisotopic (exact) mass is 265 g/mol. The molecule has 0 fully saturated rings. The van der Waals surface area contributed by atoms with Gasteiger partial charge in [0, 0.05) is 0 Å². The molecule has 0 aliphatic heterocycles. The highest BCUT2D eigenvalue weighted by Crippen LogP contribution is 2.23. The van der Waals surface area contributed by atoms with E-state index in [0.29, 0.717) is 10.2 Å². The quantitative estimate of drug-likeness (QED) is 0.774. The minimum atomic E-state index is -4.33. The zero-order valence-electron chi connectivity index (χ0n) is 6.44. The maximum absolute atomic E-state index is 10.2. The summed E-state index contributed by atoms with van der Waals surface area (Å²) < 4.78 is 36.0. The van der Waals surface area contributed by atoms with Crippen molar-refractivity contribution in [3.05, 3.63) is 28.7 Å². The minimum absolute atomic E-state index is 0.335. The molecule has 0 saturated heterocycles. The van der Waals surface area contributed by atoms with E-state index in [1.807, 2.05) is 0 Å². The first-order valence-electron chi connectivity index (χ1n) is 3.30. The number of hydrogen-bond donors (Lipinski definition) is 0. The molecule has 6 heteroatoms. The van der Waals surface area contributed by atoms with Gasteiger partial charge in [0.15, 0.2) is 5.94 Å². The molecule has 1 aromatic rings. The highest BCUT2D eigenvalue weighted by atomic mass is 79.9. The molecule has 72 valence electrons. The van der Waals surface area contributed by atoms with Crippen LogP contribution >= 0.6 is 15.9 Å². The summed E-state index contributed by atoms with van der Waals surface area (Å²) in [5.74, 6) is -0.516. The third-order valence-electron chi connectivity index (χ3n) is 1.20. The lowest BCUT2D eigenvalue weighted by Gasteiger charge is -2.09. The van der Waals surface area contributed by atoms with Crippen LogP contribution < -0.4 is 4.74 Å². The number of rotatable bonds is 3. The molecule has 0 heterocycles. The van der Waals surface area contributed by atoms with Crippen molar-refractivity contribution in [3.8, 4) is 5.75 Å². The van der Waals surface area contributed by atoms with Gasteiger partial charge in [0.05, 0.1) is 4.47 Å². The predicted molar refractivity (Wildman–Crippen MR) is 49.3 cm³/mol. The molecule has 0 radical (unpaired) electrons. The molecular formula is C7H6BrO4S-. The lowest BCUT2D eigenvalue weighted by atomic mass is 10.3. The van der Waals surface area contributed by atoms with Crippen molar-refractivity contribution in [2.24, 2.45) is 0 Å². The Morgan fingerprint density at radius 3 is 2.54 bits per heavy atom. The normalized spacial score (nSPS) is 11.2. The van der Waals surface area contributed by atoms with Gasteiger partial charge in [0.2, 0.25) is 0 Å². The number of para-hydroxylation sites is 1. The second kappa shape index (κ2) is 4.08. The fourth-order valence-electron chi connectivity index (χ4n) is 0.697. The van der Waals surface area contributed by atoms with Crippen LogP contribution in [0.1, 0.15) is 0 Å². The SMILES string of the molecule is O=S(=O)([O-])COc1ccccc1Br. The fourth-order valence-corrected chi connectivity index (χ4v) is 1.37. The number of benzene rings is 1. The van der Waals surface area contributed by atoms with Crippen molar-refractivity contribution in [3.63, 3.8) is 0 Å². The molecule has 0 aliphatic carbocycles. The number of hydrogen-bond acceptors (Lipinski definition) is 4. The van der Waals surface area contributed by atoms with Crippen LogP contribution in [0.3, 0.4) is 0 Å². The van der Waals surface area contributed by atoms with Crippen LogP contribution in [-0.4, -0.2) is 18.9 Å². The van der Waals surface area contributed by atoms with Crippen LogP contribution in [0.4, 0.5) is 0 Å². The summed E-state index contributed by atoms with van der Waals surface area (Å²) in [4.78, 5) is 0. The first kappa shape index (κ1) is 10.5. The van der Waals surface area contributed by atoms with Crippen LogP contribution in [0.25, 0.3) is 0 Å². The average Bonchev–Trinajstić information content (AvgIpc) is 2.01. The van der Waals surface area contributed by atoms with Crippen molar-refractivity contribution < 1.29 is 17.7 Å². The Morgan fingerprint density at radius 1 is 1.38 bits per heavy atom. The van der Waals surface area contributed by atoms with E-state index < -0.39 is 16.1 Å². The summed E-state index contributed by atoms with van der Waals surface area (Å²) in [6.45, 7) is 0. The molecule has 0 N–H and O–H groups in total. The molecular weight excluding hydrogens is 260 g/mol. The predicted octanol–water partition coefficient (Wildman–Crippen LogP) is 1.33. The van der Waals surface area contributed by atoms with Gasteiger partial charge in [-0.3, -0.25) is 0 Å². The Labute approximate surface area is 84.4 Å². The van der Waals surface area contributed by atoms with E-state index in [9.17, 15) is 13.0 Å². The molecule has 1 aromatic carbocycles. The molecule has 0 saturated carbocycles. The molecule has 0 aliphatic rings. The zero-order valence-corrected chi connectivity index (χ0v) is 8.84. The molecule has 4 nitrogen and oxygen atoms in total. The van der Waals surface area contributed by atoms with E-state index >= 15 is 0 Å². The van der Waals surface area contributed by atoms with Crippen molar-refractivity contribution >= 4 is 26.0 Å². The van der Waals surface area contributed by atoms with Crippen molar-refractivity contribution in [2.75, 3.05) is 5.94 Å². The summed E-state index contributed by atoms with van der Waals surface area (Å²) >= 11 is 3.14. The highest BCUT2D eigenvalue weighted by molar-refractivity contribution is 9.10. The Morgan fingerprint density at radius 2 is 2.00 bits per heavy atom. The molecule has 0 spiro atoms. The van der Waals surface area contributed by atoms with E-state index in [0.717, 1.165) is 0 Å². The van der Waals surface area contributed by atoms with Gasteiger partial charge in [-0.15, -0.1) is 0 Å². The first-order chi connectivity index (χ1) is 5.99. The van der Waals surface area contributed by atoms with Gasteiger partial charge in [-0.1, -0.05) is 12.1 Å². The number of halogens is 1. The summed E-state index contributed by atoms with van der Waals surface area (Å²) in [5.41, 5.74) is 0. The van der Waals surface area contributed by atoms with Gasteiger partial charge >= 0.3 is 0 Å². The smallest absolute Gasteiger partial charge is 0.177 e. The largest absolute Gasteiger partial charge is 0.745 e. The summed E-state index contributed by atoms with van der Waals surface area (Å²) in [6.07, 6.45) is 0. The highest BCUT2D eigenvalue weighted by Gasteiger charge is 2.01. The average molecular weight is 266 g/mol. The van der Waals surface area contributed by atoms with Gasteiger partial charge in [-0.2, -0.15) is 0 Å². The second-order valence-electron chi connectivity index (χ2n) is 2.25. The lowest BCUT2D eigenvalue weighted by Crippen LogP contribution is -2.10. The fraction of sp³-hybridized carbons (Fsp3) is 0.143. The van der Waals surface area contributed by atoms with E-state index in [1.54, 1.807) is 24.3 Å². The van der Waals surface area contributed by atoms with Crippen molar-refractivity contribution in [1.29, 1.82) is 0 Å². The Hall–Kier alpha value is -0.590. The molecule has 0 amide bonds. The van der Waals surface area contributed by atoms with Crippen LogP contribution in [0, 0.1) is 0 Å². The van der Waals surface area contributed by atoms with Gasteiger partial charge in [0.1, 0.15) is 15.9 Å². The lowest BCUT2D eigenvalue weighted by molar-refractivity contribution is 0.346. The summed E-state index contributed by atoms with van der Waals surface area (Å²) in [5, 5.41) is 0. The Balaban J connectivity index is 2.71. The second-order valence-corrected chi connectivity index (χ2v) is 4.46. The van der Waals surface area contributed by atoms with Crippen LogP contribution in [0.2, 0.25) is 0 Å². The molecule has 1 rings (SSSR count). The zero-order chi connectivity index (χ0) is 9.90. The van der Waals surface area contributed by atoms with E-state index in [2.05, 4.69) is 15.9 Å². The molecule has 0 unspecified atom stereocenters. The maximum atomic E-state index is 10.2. The van der Waals surface area contributed by atoms with E-state index in [-0.39, 0.29) is 0 Å².